The van der Waals surface area contributed by atoms with Crippen molar-refractivity contribution in [2.75, 3.05) is 33.1 Å². The van der Waals surface area contributed by atoms with Crippen LogP contribution in [0.3, 0.4) is 0 Å². The number of carbonyl (C=O) groups is 3. The van der Waals surface area contributed by atoms with Gasteiger partial charge in [-0.25, -0.2) is 0 Å². The highest BCUT2D eigenvalue weighted by molar-refractivity contribution is 6.25. The second kappa shape index (κ2) is 10.7. The van der Waals surface area contributed by atoms with Crippen LogP contribution in [0.15, 0.2) is 23.0 Å². The fourth-order valence-electron chi connectivity index (χ4n) is 7.19. The van der Waals surface area contributed by atoms with E-state index in [9.17, 15) is 48.1 Å². The predicted octanol–water partition coefficient (Wildman–Crippen LogP) is 0.402. The zero-order valence-corrected chi connectivity index (χ0v) is 25.3. The third-order valence-corrected chi connectivity index (χ3v) is 9.13. The first-order valence-corrected chi connectivity index (χ1v) is 13.9. The summed E-state index contributed by atoms with van der Waals surface area (Å²) in [6.07, 6.45) is -5.72. The number of phenolic OH excluding ortho intramolecular Hbond substituents is 1. The Bertz CT molecular complexity index is 1610. The van der Waals surface area contributed by atoms with E-state index in [0.29, 0.717) is 5.69 Å². The summed E-state index contributed by atoms with van der Waals surface area (Å²) < 4.78 is 40.3. The van der Waals surface area contributed by atoms with Crippen LogP contribution in [0.4, 0.5) is 18.9 Å². The molecule has 0 saturated heterocycles. The molecule has 244 valence electrons. The number of aliphatic hydroxyl groups excluding tert-OH is 2. The van der Waals surface area contributed by atoms with E-state index in [-0.39, 0.29) is 29.5 Å². The molecule has 13 nitrogen and oxygen atoms in total. The predicted molar refractivity (Wildman–Crippen MR) is 155 cm³/mol. The molecule has 5 atom stereocenters. The van der Waals surface area contributed by atoms with E-state index in [4.69, 9.17) is 17.2 Å². The summed E-state index contributed by atoms with van der Waals surface area (Å²) in [6, 6.07) is -0.336. The van der Waals surface area contributed by atoms with Crippen molar-refractivity contribution in [3.63, 3.8) is 0 Å². The topological polar surface area (TPSA) is 232 Å². The van der Waals surface area contributed by atoms with Gasteiger partial charge in [-0.3, -0.25) is 19.3 Å². The molecule has 1 aromatic carbocycles. The Morgan fingerprint density at radius 1 is 1.20 bits per heavy atom. The number of rotatable bonds is 7. The molecule has 4 rings (SSSR count). The number of fused-ring (bicyclic) bond motifs is 3. The maximum Gasteiger partial charge on any atom is 0.403 e. The number of nitriles is 1. The fourth-order valence-corrected chi connectivity index (χ4v) is 7.19. The number of hydrogen-bond acceptors (Lipinski definition) is 12. The number of carbonyl (C=O) groups excluding carboxylic acids is 3. The molecule has 0 bridgehead atoms. The number of nitrogens with two attached hydrogens (primary N) is 3. The van der Waals surface area contributed by atoms with Crippen molar-refractivity contribution in [2.24, 2.45) is 22.6 Å². The van der Waals surface area contributed by atoms with Crippen molar-refractivity contribution in [1.82, 2.24) is 10.2 Å². The van der Waals surface area contributed by atoms with E-state index < -0.39 is 93.6 Å². The zero-order chi connectivity index (χ0) is 34.2. The van der Waals surface area contributed by atoms with Crippen LogP contribution in [-0.2, 0) is 27.3 Å². The summed E-state index contributed by atoms with van der Waals surface area (Å²) >= 11 is 0. The summed E-state index contributed by atoms with van der Waals surface area (Å²) in [4.78, 5) is 43.2. The minimum atomic E-state index is -4.58. The summed E-state index contributed by atoms with van der Waals surface area (Å²) in [6.45, 7) is 0.860. The molecule has 3 aliphatic carbocycles. The molecule has 1 fully saturated rings. The van der Waals surface area contributed by atoms with Gasteiger partial charge in [0.15, 0.2) is 17.0 Å². The number of amides is 1. The molecule has 0 radical (unpaired) electrons. The lowest BCUT2D eigenvalue weighted by Gasteiger charge is -2.58. The number of phenols is 1. The van der Waals surface area contributed by atoms with Crippen LogP contribution in [0.2, 0.25) is 0 Å². The van der Waals surface area contributed by atoms with E-state index in [1.165, 1.54) is 32.0 Å². The largest absolute Gasteiger partial charge is 0.509 e. The first-order chi connectivity index (χ1) is 20.7. The van der Waals surface area contributed by atoms with E-state index in [2.05, 4.69) is 5.32 Å². The number of aliphatic hydroxyl groups is 2. The SMILES string of the molecule is CCC(NCc1cc(N(C)C)c2c(c1O)C(O)=C1C(=O)[C@]3(C#N)C(O)=C(C(N)=O)C(=O)[C@@H](N(C)C)[C@]3(N)C[C@]1(N)C2)C(F)(F)F. The lowest BCUT2D eigenvalue weighted by atomic mass is 9.47. The molecule has 1 unspecified atom stereocenters. The van der Waals surface area contributed by atoms with Gasteiger partial charge in [-0.15, -0.1) is 0 Å². The van der Waals surface area contributed by atoms with Gasteiger partial charge in [-0.1, -0.05) is 6.92 Å². The second-order valence-corrected chi connectivity index (χ2v) is 12.3. The maximum atomic E-state index is 14.5. The fraction of sp³-hybridized carbons (Fsp3) is 0.517. The van der Waals surface area contributed by atoms with Crippen LogP contribution in [0.5, 0.6) is 5.75 Å². The third-order valence-electron chi connectivity index (χ3n) is 9.13. The molecule has 0 aromatic heterocycles. The third kappa shape index (κ3) is 4.56. The monoisotopic (exact) mass is 635 g/mol. The summed E-state index contributed by atoms with van der Waals surface area (Å²) in [5, 5.41) is 47.2. The molecular weight excluding hydrogens is 599 g/mol. The molecule has 1 saturated carbocycles. The second-order valence-electron chi connectivity index (χ2n) is 12.3. The van der Waals surface area contributed by atoms with Crippen LogP contribution < -0.4 is 27.4 Å². The summed E-state index contributed by atoms with van der Waals surface area (Å²) in [5.41, 5.74) is 10.7. The van der Waals surface area contributed by atoms with Crippen LogP contribution in [0.25, 0.3) is 5.76 Å². The number of ketones is 2. The summed E-state index contributed by atoms with van der Waals surface area (Å²) in [7, 11) is 6.04. The van der Waals surface area contributed by atoms with Gasteiger partial charge < -0.3 is 42.7 Å². The average molecular weight is 636 g/mol. The van der Waals surface area contributed by atoms with Crippen LogP contribution >= 0.6 is 0 Å². The molecule has 0 spiro atoms. The summed E-state index contributed by atoms with van der Waals surface area (Å²) in [5.74, 6) is -6.58. The van der Waals surface area contributed by atoms with Crippen molar-refractivity contribution in [2.45, 2.75) is 62.1 Å². The zero-order valence-electron chi connectivity index (χ0n) is 25.3. The first kappa shape index (κ1) is 33.7. The van der Waals surface area contributed by atoms with Crippen LogP contribution in [0.1, 0.15) is 36.5 Å². The smallest absolute Gasteiger partial charge is 0.403 e. The van der Waals surface area contributed by atoms with Gasteiger partial charge in [0.25, 0.3) is 5.91 Å². The number of anilines is 1. The lowest BCUT2D eigenvalue weighted by molar-refractivity contribution is -0.156. The van der Waals surface area contributed by atoms with Crippen molar-refractivity contribution in [3.05, 3.63) is 39.7 Å². The maximum absolute atomic E-state index is 14.5. The molecule has 3 aliphatic rings. The van der Waals surface area contributed by atoms with E-state index >= 15 is 0 Å². The van der Waals surface area contributed by atoms with Crippen molar-refractivity contribution in [3.8, 4) is 11.8 Å². The van der Waals surface area contributed by atoms with Crippen LogP contribution in [-0.4, -0.2) is 95.2 Å². The molecule has 0 heterocycles. The lowest BCUT2D eigenvalue weighted by Crippen LogP contribution is -2.80. The Labute approximate surface area is 256 Å². The number of nitrogens with zero attached hydrogens (tertiary/aromatic N) is 3. The molecule has 1 aromatic rings. The minimum Gasteiger partial charge on any atom is -0.509 e. The first-order valence-electron chi connectivity index (χ1n) is 13.9. The van der Waals surface area contributed by atoms with Gasteiger partial charge in [0, 0.05) is 31.9 Å². The number of alkyl halides is 3. The number of halogens is 3. The minimum absolute atomic E-state index is 0.0436. The van der Waals surface area contributed by atoms with Crippen molar-refractivity contribution < 1.29 is 42.9 Å². The van der Waals surface area contributed by atoms with Gasteiger partial charge in [0.2, 0.25) is 0 Å². The van der Waals surface area contributed by atoms with E-state index in [1.807, 2.05) is 0 Å². The Kier molecular flexibility index (Phi) is 8.04. The normalized spacial score (nSPS) is 28.8. The number of aromatic hydroxyl groups is 1. The standard InChI is InChI=1S/C29H36F3N7O6/c1-6-15(29(30,31)32)37-9-12-7-14(38(2)3)13-8-26(35)10-28(36)22(39(4)5)21(42)17(25(34)45)23(43)27(28,11-33)24(44)18(26)20(41)16(13)19(12)40/h7,15,22,37,40-41,43H,6,8-10,35-36H2,1-5H3,(H2,34,45)/t15?,22-,26-,27+,28-/m1/s1. The Morgan fingerprint density at radius 2 is 1.80 bits per heavy atom. The highest BCUT2D eigenvalue weighted by atomic mass is 19.4. The number of nitrogens with one attached hydrogen (secondary N) is 1. The number of Topliss-reactive ketones (excluding diaryl/α,β-unsaturated/α-hetero) is 2. The van der Waals surface area contributed by atoms with E-state index in [1.54, 1.807) is 25.1 Å². The number of likely N-dealkylation sites (N-methyl/N-ethyl adjacent to an activating group) is 1. The van der Waals surface area contributed by atoms with Gasteiger partial charge >= 0.3 is 6.18 Å². The number of hydrogen-bond donors (Lipinski definition) is 7. The Balaban J connectivity index is 2.04. The Morgan fingerprint density at radius 3 is 2.27 bits per heavy atom. The van der Waals surface area contributed by atoms with Gasteiger partial charge in [0.1, 0.15) is 28.9 Å². The van der Waals surface area contributed by atoms with Crippen LogP contribution in [0, 0.1) is 16.7 Å². The quantitative estimate of drug-likeness (QED) is 0.202. The molecule has 10 N–H and O–H groups in total. The van der Waals surface area contributed by atoms with Crippen molar-refractivity contribution in [1.29, 1.82) is 5.26 Å². The molecule has 16 heteroatoms. The average Bonchev–Trinajstić information content (AvgIpc) is 2.87. The molecular formula is C29H36F3N7O6. The van der Waals surface area contributed by atoms with Gasteiger partial charge in [-0.05, 0) is 45.0 Å². The number of benzene rings is 1. The highest BCUT2D eigenvalue weighted by Crippen LogP contribution is 2.59. The molecule has 45 heavy (non-hydrogen) atoms. The molecule has 1 amide bonds. The highest BCUT2D eigenvalue weighted by Gasteiger charge is 2.74. The van der Waals surface area contributed by atoms with E-state index in [0.717, 1.165) is 0 Å². The van der Waals surface area contributed by atoms with Crippen molar-refractivity contribution >= 4 is 28.9 Å². The Hall–Kier alpha value is -4.17. The van der Waals surface area contributed by atoms with Gasteiger partial charge in [-0.2, -0.15) is 18.4 Å². The van der Waals surface area contributed by atoms with Gasteiger partial charge in [0.05, 0.1) is 34.3 Å². The molecule has 0 aliphatic heterocycles. The number of primary amides is 1.